The number of hydrogen-bond acceptors (Lipinski definition) is 1. The van der Waals surface area contributed by atoms with Crippen LogP contribution >= 0.6 is 0 Å². The molecule has 0 saturated carbocycles. The molecule has 0 bridgehead atoms. The Hall–Kier alpha value is -0.0400. The average Bonchev–Trinajstić information content (AvgIpc) is 2.51. The maximum Gasteiger partial charge on any atom is 0.00670 e. The van der Waals surface area contributed by atoms with E-state index in [4.69, 9.17) is 0 Å². The molecule has 0 saturated heterocycles. The Morgan fingerprint density at radius 3 is 1.52 bits per heavy atom. The second-order valence-electron chi connectivity index (χ2n) is 6.76. The van der Waals surface area contributed by atoms with Crippen molar-refractivity contribution < 1.29 is 0 Å². The Balaban J connectivity index is 3.35. The summed E-state index contributed by atoms with van der Waals surface area (Å²) in [6.07, 6.45) is 21.2. The maximum atomic E-state index is 3.73. The highest BCUT2D eigenvalue weighted by Gasteiger charge is 2.06. The van der Waals surface area contributed by atoms with Gasteiger partial charge in [0.1, 0.15) is 0 Å². The second kappa shape index (κ2) is 18.0. The van der Waals surface area contributed by atoms with Crippen molar-refractivity contribution in [3.05, 3.63) is 0 Å². The molecule has 0 aliphatic rings. The molecule has 0 fully saturated rings. The third kappa shape index (κ3) is 16.2. The van der Waals surface area contributed by atoms with Crippen LogP contribution < -0.4 is 5.32 Å². The lowest BCUT2D eigenvalue weighted by Crippen LogP contribution is -2.29. The molecule has 0 heterocycles. The van der Waals surface area contributed by atoms with Gasteiger partial charge in [-0.1, -0.05) is 97.8 Å². The number of unbranched alkanes of at least 4 members (excludes halogenated alkanes) is 10. The van der Waals surface area contributed by atoms with Crippen molar-refractivity contribution in [3.8, 4) is 0 Å². The summed E-state index contributed by atoms with van der Waals surface area (Å²) in [5.74, 6) is 0. The van der Waals surface area contributed by atoms with E-state index in [-0.39, 0.29) is 0 Å². The predicted molar refractivity (Wildman–Crippen MR) is 98.1 cm³/mol. The summed E-state index contributed by atoms with van der Waals surface area (Å²) in [4.78, 5) is 0. The van der Waals surface area contributed by atoms with E-state index in [2.05, 4.69) is 26.1 Å². The van der Waals surface area contributed by atoms with E-state index >= 15 is 0 Å². The molecule has 0 aromatic carbocycles. The van der Waals surface area contributed by atoms with Crippen molar-refractivity contribution in [1.29, 1.82) is 0 Å². The summed E-state index contributed by atoms with van der Waals surface area (Å²) < 4.78 is 0. The van der Waals surface area contributed by atoms with Gasteiger partial charge >= 0.3 is 0 Å². The fourth-order valence-electron chi connectivity index (χ4n) is 3.03. The Labute approximate surface area is 135 Å². The summed E-state index contributed by atoms with van der Waals surface area (Å²) in [7, 11) is 0. The summed E-state index contributed by atoms with van der Waals surface area (Å²) in [6, 6.07) is 0.791. The monoisotopic (exact) mass is 297 g/mol. The zero-order valence-corrected chi connectivity index (χ0v) is 15.4. The van der Waals surface area contributed by atoms with Crippen LogP contribution in [0.2, 0.25) is 0 Å². The molecule has 1 N–H and O–H groups in total. The topological polar surface area (TPSA) is 12.0 Å². The van der Waals surface area contributed by atoms with E-state index < -0.39 is 0 Å². The van der Waals surface area contributed by atoms with Crippen molar-refractivity contribution in [2.45, 2.75) is 123 Å². The van der Waals surface area contributed by atoms with Crippen LogP contribution in [0.1, 0.15) is 117 Å². The van der Waals surface area contributed by atoms with Crippen molar-refractivity contribution in [1.82, 2.24) is 5.32 Å². The van der Waals surface area contributed by atoms with Gasteiger partial charge in [-0.15, -0.1) is 0 Å². The van der Waals surface area contributed by atoms with Crippen molar-refractivity contribution in [2.75, 3.05) is 6.54 Å². The van der Waals surface area contributed by atoms with Gasteiger partial charge in [-0.05, 0) is 25.8 Å². The molecule has 128 valence electrons. The quantitative estimate of drug-likeness (QED) is 0.289. The van der Waals surface area contributed by atoms with E-state index in [9.17, 15) is 0 Å². The molecule has 21 heavy (non-hydrogen) atoms. The van der Waals surface area contributed by atoms with E-state index in [1.54, 1.807) is 0 Å². The highest BCUT2D eigenvalue weighted by Crippen LogP contribution is 2.14. The SMILES string of the molecule is CCCCCCCCCCCCC(CCCC)NCCC. The van der Waals surface area contributed by atoms with Crippen LogP contribution in [-0.2, 0) is 0 Å². The Morgan fingerprint density at radius 2 is 1.00 bits per heavy atom. The van der Waals surface area contributed by atoms with E-state index in [0.29, 0.717) is 0 Å². The molecule has 0 amide bonds. The van der Waals surface area contributed by atoms with E-state index in [1.807, 2.05) is 0 Å². The summed E-state index contributed by atoms with van der Waals surface area (Å²) >= 11 is 0. The number of nitrogens with one attached hydrogen (secondary N) is 1. The van der Waals surface area contributed by atoms with Crippen molar-refractivity contribution in [2.24, 2.45) is 0 Å². The van der Waals surface area contributed by atoms with E-state index in [1.165, 1.54) is 103 Å². The summed E-state index contributed by atoms with van der Waals surface area (Å²) in [5, 5.41) is 3.73. The fraction of sp³-hybridized carbons (Fsp3) is 1.00. The second-order valence-corrected chi connectivity index (χ2v) is 6.76. The minimum absolute atomic E-state index is 0.791. The molecule has 0 aliphatic heterocycles. The largest absolute Gasteiger partial charge is 0.314 e. The van der Waals surface area contributed by atoms with Gasteiger partial charge in [-0.3, -0.25) is 0 Å². The first-order chi connectivity index (χ1) is 10.3. The lowest BCUT2D eigenvalue weighted by molar-refractivity contribution is 0.419. The minimum Gasteiger partial charge on any atom is -0.314 e. The van der Waals surface area contributed by atoms with Gasteiger partial charge in [0.15, 0.2) is 0 Å². The third-order valence-corrected chi connectivity index (χ3v) is 4.50. The van der Waals surface area contributed by atoms with Gasteiger partial charge in [-0.2, -0.15) is 0 Å². The van der Waals surface area contributed by atoms with Gasteiger partial charge in [-0.25, -0.2) is 0 Å². The van der Waals surface area contributed by atoms with Crippen LogP contribution in [0.15, 0.2) is 0 Å². The lowest BCUT2D eigenvalue weighted by Gasteiger charge is -2.18. The molecule has 1 heteroatoms. The summed E-state index contributed by atoms with van der Waals surface area (Å²) in [6.45, 7) is 8.07. The van der Waals surface area contributed by atoms with Gasteiger partial charge in [0, 0.05) is 6.04 Å². The highest BCUT2D eigenvalue weighted by atomic mass is 14.9. The first-order valence-electron chi connectivity index (χ1n) is 10.1. The Bertz CT molecular complexity index is 171. The fourth-order valence-corrected chi connectivity index (χ4v) is 3.03. The Kier molecular flexibility index (Phi) is 18.0. The molecule has 0 rings (SSSR count). The predicted octanol–water partition coefficient (Wildman–Crippen LogP) is 6.86. The average molecular weight is 298 g/mol. The van der Waals surface area contributed by atoms with Crippen LogP contribution in [-0.4, -0.2) is 12.6 Å². The van der Waals surface area contributed by atoms with E-state index in [0.717, 1.165) is 6.04 Å². The number of hydrogen-bond donors (Lipinski definition) is 1. The maximum absolute atomic E-state index is 3.73. The minimum atomic E-state index is 0.791. The molecule has 0 aromatic rings. The van der Waals surface area contributed by atoms with Crippen LogP contribution in [0, 0.1) is 0 Å². The van der Waals surface area contributed by atoms with Gasteiger partial charge < -0.3 is 5.32 Å². The standard InChI is InChI=1S/C20H43N/c1-4-7-9-10-11-12-13-14-15-16-18-20(17-8-5-2)21-19-6-3/h20-21H,4-19H2,1-3H3. The zero-order chi connectivity index (χ0) is 15.6. The van der Waals surface area contributed by atoms with Gasteiger partial charge in [0.05, 0.1) is 0 Å². The summed E-state index contributed by atoms with van der Waals surface area (Å²) in [5.41, 5.74) is 0. The molecule has 0 spiro atoms. The first kappa shape index (κ1) is 21.0. The van der Waals surface area contributed by atoms with Crippen LogP contribution in [0.5, 0.6) is 0 Å². The highest BCUT2D eigenvalue weighted by molar-refractivity contribution is 4.66. The number of rotatable bonds is 17. The molecule has 1 nitrogen and oxygen atoms in total. The molecule has 1 unspecified atom stereocenters. The molecule has 0 aliphatic carbocycles. The van der Waals surface area contributed by atoms with Crippen LogP contribution in [0.4, 0.5) is 0 Å². The molecule has 0 radical (unpaired) electrons. The van der Waals surface area contributed by atoms with Gasteiger partial charge in [0.25, 0.3) is 0 Å². The molecule has 1 atom stereocenters. The normalized spacial score (nSPS) is 12.7. The first-order valence-corrected chi connectivity index (χ1v) is 10.1. The molecule has 0 aromatic heterocycles. The molecular formula is C20H43N. The molecular weight excluding hydrogens is 254 g/mol. The smallest absolute Gasteiger partial charge is 0.00670 e. The van der Waals surface area contributed by atoms with Crippen LogP contribution in [0.25, 0.3) is 0 Å². The van der Waals surface area contributed by atoms with Crippen LogP contribution in [0.3, 0.4) is 0 Å². The zero-order valence-electron chi connectivity index (χ0n) is 15.4. The van der Waals surface area contributed by atoms with Crippen molar-refractivity contribution >= 4 is 0 Å². The third-order valence-electron chi connectivity index (χ3n) is 4.50. The van der Waals surface area contributed by atoms with Gasteiger partial charge in [0.2, 0.25) is 0 Å². The Morgan fingerprint density at radius 1 is 0.524 bits per heavy atom. The lowest BCUT2D eigenvalue weighted by atomic mass is 10.0. The van der Waals surface area contributed by atoms with Crippen molar-refractivity contribution in [3.63, 3.8) is 0 Å².